The van der Waals surface area contributed by atoms with E-state index in [1.807, 2.05) is 0 Å². The highest BCUT2D eigenvalue weighted by atomic mass is 16.8. The first-order chi connectivity index (χ1) is 31.3. The highest BCUT2D eigenvalue weighted by Gasteiger charge is 2.53. The number of carbonyl (C=O) groups excluding carboxylic acids is 1. The summed E-state index contributed by atoms with van der Waals surface area (Å²) in [6.45, 7) is 1.59. The Morgan fingerprint density at radius 1 is 0.554 bits per heavy atom. The zero-order valence-electron chi connectivity index (χ0n) is 38.5. The zero-order chi connectivity index (χ0) is 47.7. The van der Waals surface area contributed by atoms with Crippen molar-refractivity contribution in [1.29, 1.82) is 0 Å². The van der Waals surface area contributed by atoms with Gasteiger partial charge in [-0.25, -0.2) is 0 Å². The van der Waals surface area contributed by atoms with E-state index < -0.39 is 124 Å². The van der Waals surface area contributed by atoms with Gasteiger partial charge < -0.3 is 89.9 Å². The molecule has 3 fully saturated rings. The number of allylic oxidation sites excluding steroid dienone is 4. The number of aliphatic hydroxyl groups is 11. The van der Waals surface area contributed by atoms with Crippen LogP contribution in [-0.2, 0) is 33.2 Å². The van der Waals surface area contributed by atoms with Gasteiger partial charge in [0.1, 0.15) is 73.2 Å². The molecule has 3 aliphatic heterocycles. The third-order valence-electron chi connectivity index (χ3n) is 12.3. The van der Waals surface area contributed by atoms with Crippen LogP contribution in [-0.4, -0.2) is 193 Å². The molecule has 0 aromatic rings. The van der Waals surface area contributed by atoms with Gasteiger partial charge in [-0.05, 0) is 44.9 Å². The summed E-state index contributed by atoms with van der Waals surface area (Å²) in [5, 5.41) is 119. The van der Waals surface area contributed by atoms with Crippen LogP contribution in [0.4, 0.5) is 0 Å². The van der Waals surface area contributed by atoms with Crippen LogP contribution in [0.1, 0.15) is 129 Å². The van der Waals surface area contributed by atoms with E-state index in [2.05, 4.69) is 43.5 Å². The Labute approximate surface area is 384 Å². The molecule has 0 bridgehead atoms. The number of rotatable bonds is 32. The molecular formula is C46H83NO18. The van der Waals surface area contributed by atoms with Crippen molar-refractivity contribution in [2.45, 2.75) is 234 Å². The van der Waals surface area contributed by atoms with E-state index in [4.69, 9.17) is 28.4 Å². The highest BCUT2D eigenvalue weighted by molar-refractivity contribution is 5.76. The Morgan fingerprint density at radius 3 is 1.60 bits per heavy atom. The summed E-state index contributed by atoms with van der Waals surface area (Å²) < 4.78 is 34.0. The van der Waals surface area contributed by atoms with Crippen molar-refractivity contribution in [1.82, 2.24) is 5.32 Å². The third kappa shape index (κ3) is 18.9. The second-order valence-corrected chi connectivity index (χ2v) is 17.6. The van der Waals surface area contributed by atoms with Crippen molar-refractivity contribution in [2.24, 2.45) is 0 Å². The van der Waals surface area contributed by atoms with E-state index in [0.29, 0.717) is 19.3 Å². The standard InChI is InChI=1S/C46H83NO18/c1-3-5-7-9-10-11-12-13-14-15-16-17-18-20-22-24-34(52)47-29(30(51)23-21-19-8-6-4-2)28-60-44-40(58)37(55)42(32(26-49)62-44)65-46-41(59)38(56)43(33(27-50)63-46)64-45-39(57)36(54)35(53)31(25-48)61-45/h10-11,13-14,29-33,35-46,48-51,53-59H,3-9,12,15-28H2,1-2H3,(H,47,52)/b11-10-,14-13-. The molecule has 0 aromatic heterocycles. The Hall–Kier alpha value is -1.73. The summed E-state index contributed by atoms with van der Waals surface area (Å²) in [6.07, 6.45) is -0.696. The molecule has 3 aliphatic rings. The van der Waals surface area contributed by atoms with E-state index in [0.717, 1.165) is 70.6 Å². The molecule has 0 aliphatic carbocycles. The molecule has 17 atom stereocenters. The maximum absolute atomic E-state index is 13.1. The maximum Gasteiger partial charge on any atom is 0.220 e. The molecule has 17 unspecified atom stereocenters. The van der Waals surface area contributed by atoms with Gasteiger partial charge in [0, 0.05) is 6.42 Å². The van der Waals surface area contributed by atoms with Crippen LogP contribution in [0.25, 0.3) is 0 Å². The largest absolute Gasteiger partial charge is 0.394 e. The van der Waals surface area contributed by atoms with Gasteiger partial charge in [-0.3, -0.25) is 4.79 Å². The molecule has 380 valence electrons. The number of carbonyl (C=O) groups is 1. The summed E-state index contributed by atoms with van der Waals surface area (Å²) >= 11 is 0. The van der Waals surface area contributed by atoms with Crippen LogP contribution in [0.3, 0.4) is 0 Å². The van der Waals surface area contributed by atoms with E-state index in [9.17, 15) is 61.0 Å². The summed E-state index contributed by atoms with van der Waals surface area (Å²) in [5.74, 6) is -0.267. The van der Waals surface area contributed by atoms with Crippen molar-refractivity contribution in [3.8, 4) is 0 Å². The van der Waals surface area contributed by atoms with Gasteiger partial charge in [0.15, 0.2) is 18.9 Å². The molecule has 19 heteroatoms. The lowest BCUT2D eigenvalue weighted by Gasteiger charge is -2.48. The number of amides is 1. The minimum Gasteiger partial charge on any atom is -0.394 e. The monoisotopic (exact) mass is 938 g/mol. The molecule has 0 radical (unpaired) electrons. The predicted molar refractivity (Wildman–Crippen MR) is 236 cm³/mol. The first-order valence-corrected chi connectivity index (χ1v) is 24.1. The minimum atomic E-state index is -1.97. The fourth-order valence-corrected chi connectivity index (χ4v) is 8.16. The van der Waals surface area contributed by atoms with Gasteiger partial charge in [0.05, 0.1) is 38.6 Å². The summed E-state index contributed by atoms with van der Waals surface area (Å²) in [4.78, 5) is 13.1. The van der Waals surface area contributed by atoms with Crippen molar-refractivity contribution in [3.05, 3.63) is 24.3 Å². The Bertz CT molecular complexity index is 1310. The molecular weight excluding hydrogens is 854 g/mol. The molecule has 0 aromatic carbocycles. The first-order valence-electron chi connectivity index (χ1n) is 24.1. The Kier molecular flexibility index (Phi) is 28.5. The molecule has 65 heavy (non-hydrogen) atoms. The highest BCUT2D eigenvalue weighted by Crippen LogP contribution is 2.33. The topological polar surface area (TPSA) is 307 Å². The summed E-state index contributed by atoms with van der Waals surface area (Å²) in [7, 11) is 0. The van der Waals surface area contributed by atoms with Crippen molar-refractivity contribution < 1.29 is 89.4 Å². The van der Waals surface area contributed by atoms with Crippen molar-refractivity contribution in [3.63, 3.8) is 0 Å². The average molecular weight is 938 g/mol. The molecule has 0 saturated carbocycles. The smallest absolute Gasteiger partial charge is 0.220 e. The van der Waals surface area contributed by atoms with E-state index in [-0.39, 0.29) is 18.9 Å². The van der Waals surface area contributed by atoms with Gasteiger partial charge in [-0.2, -0.15) is 0 Å². The predicted octanol–water partition coefficient (Wildman–Crippen LogP) is 0.471. The van der Waals surface area contributed by atoms with Gasteiger partial charge in [0.25, 0.3) is 0 Å². The lowest BCUT2D eigenvalue weighted by Crippen LogP contribution is -2.66. The van der Waals surface area contributed by atoms with Crippen LogP contribution in [0.5, 0.6) is 0 Å². The van der Waals surface area contributed by atoms with Gasteiger partial charge in [0.2, 0.25) is 5.91 Å². The second-order valence-electron chi connectivity index (χ2n) is 17.6. The SMILES string of the molecule is CCCCC/C=C\C/C=C\CCCCCCCC(=O)NC(COC1OC(CO)C(OC2OC(CO)C(OC3OC(CO)C(O)C(O)C3O)C(O)C2O)C(O)C1O)C(O)CCCCCCC. The van der Waals surface area contributed by atoms with Crippen LogP contribution < -0.4 is 5.32 Å². The molecule has 12 N–H and O–H groups in total. The average Bonchev–Trinajstić information content (AvgIpc) is 3.30. The van der Waals surface area contributed by atoms with Gasteiger partial charge >= 0.3 is 0 Å². The van der Waals surface area contributed by atoms with Gasteiger partial charge in [-0.1, -0.05) is 102 Å². The first kappa shape index (κ1) is 57.6. The molecule has 0 spiro atoms. The summed E-state index contributed by atoms with van der Waals surface area (Å²) in [5.41, 5.74) is 0. The lowest BCUT2D eigenvalue weighted by molar-refractivity contribution is -0.379. The lowest BCUT2D eigenvalue weighted by atomic mass is 9.96. The summed E-state index contributed by atoms with van der Waals surface area (Å²) in [6, 6.07) is -0.887. The Morgan fingerprint density at radius 2 is 1.02 bits per heavy atom. The molecule has 3 heterocycles. The Balaban J connectivity index is 1.53. The molecule has 3 rings (SSSR count). The minimum absolute atomic E-state index is 0.249. The normalized spacial score (nSPS) is 34.3. The maximum atomic E-state index is 13.1. The van der Waals surface area contributed by atoms with Gasteiger partial charge in [-0.15, -0.1) is 0 Å². The van der Waals surface area contributed by atoms with Crippen LogP contribution in [0, 0.1) is 0 Å². The zero-order valence-corrected chi connectivity index (χ0v) is 38.5. The van der Waals surface area contributed by atoms with Crippen molar-refractivity contribution >= 4 is 5.91 Å². The fraction of sp³-hybridized carbons (Fsp3) is 0.891. The quantitative estimate of drug-likeness (QED) is 0.0322. The van der Waals surface area contributed by atoms with E-state index in [1.54, 1.807) is 0 Å². The molecule has 19 nitrogen and oxygen atoms in total. The molecule has 3 saturated heterocycles. The van der Waals surface area contributed by atoms with Crippen LogP contribution in [0.2, 0.25) is 0 Å². The number of ether oxygens (including phenoxy) is 6. The number of hydrogen-bond donors (Lipinski definition) is 12. The number of nitrogens with one attached hydrogen (secondary N) is 1. The number of hydrogen-bond acceptors (Lipinski definition) is 18. The van der Waals surface area contributed by atoms with Crippen molar-refractivity contribution in [2.75, 3.05) is 26.4 Å². The second kappa shape index (κ2) is 32.2. The van der Waals surface area contributed by atoms with E-state index in [1.165, 1.54) is 19.3 Å². The van der Waals surface area contributed by atoms with Crippen LogP contribution in [0.15, 0.2) is 24.3 Å². The van der Waals surface area contributed by atoms with E-state index >= 15 is 0 Å². The molecule has 1 amide bonds. The number of aliphatic hydroxyl groups excluding tert-OH is 11. The number of unbranched alkanes of at least 4 members (excludes halogenated alkanes) is 12. The van der Waals surface area contributed by atoms with Crippen LogP contribution >= 0.6 is 0 Å². The third-order valence-corrected chi connectivity index (χ3v) is 12.3. The fourth-order valence-electron chi connectivity index (χ4n) is 8.16.